The van der Waals surface area contributed by atoms with E-state index in [1.807, 2.05) is 36.4 Å². The standard InChI is InChI=1S/C20H24BrNO.ClH/c1-15(21)14-19(22)16(2)20(23-3,17-10-6-4-7-11-17)18-12-8-5-9-13-18;/h4-13,16,19H,1,14,22H2,2-3H3;1H. The zero-order valence-electron chi connectivity index (χ0n) is 14.1. The molecule has 0 heterocycles. The number of nitrogens with two attached hydrogens (primary N) is 1. The summed E-state index contributed by atoms with van der Waals surface area (Å²) in [6, 6.07) is 20.5. The van der Waals surface area contributed by atoms with E-state index in [4.69, 9.17) is 10.5 Å². The summed E-state index contributed by atoms with van der Waals surface area (Å²) in [5.74, 6) is 0.0617. The van der Waals surface area contributed by atoms with Crippen LogP contribution in [0.5, 0.6) is 0 Å². The van der Waals surface area contributed by atoms with E-state index in [9.17, 15) is 0 Å². The van der Waals surface area contributed by atoms with Gasteiger partial charge in [0.15, 0.2) is 0 Å². The Morgan fingerprint density at radius 1 is 1.08 bits per heavy atom. The molecule has 0 radical (unpaired) electrons. The minimum absolute atomic E-state index is 0. The van der Waals surface area contributed by atoms with Crippen LogP contribution in [0.25, 0.3) is 0 Å². The number of benzene rings is 2. The minimum atomic E-state index is -0.593. The molecule has 0 fully saturated rings. The lowest BCUT2D eigenvalue weighted by molar-refractivity contribution is -0.0316. The number of rotatable bonds is 7. The fraction of sp³-hybridized carbons (Fsp3) is 0.300. The third-order valence-electron chi connectivity index (χ3n) is 4.47. The molecule has 2 aromatic carbocycles. The van der Waals surface area contributed by atoms with Crippen molar-refractivity contribution in [2.24, 2.45) is 11.7 Å². The van der Waals surface area contributed by atoms with Gasteiger partial charge in [-0.2, -0.15) is 0 Å². The van der Waals surface area contributed by atoms with Crippen LogP contribution >= 0.6 is 28.3 Å². The first-order chi connectivity index (χ1) is 11.0. The van der Waals surface area contributed by atoms with E-state index in [0.717, 1.165) is 15.6 Å². The van der Waals surface area contributed by atoms with Gasteiger partial charge in [-0.05, 0) is 22.0 Å². The third kappa shape index (κ3) is 4.28. The van der Waals surface area contributed by atoms with Crippen molar-refractivity contribution >= 4 is 28.3 Å². The summed E-state index contributed by atoms with van der Waals surface area (Å²) in [5, 5.41) is 0. The maximum atomic E-state index is 6.48. The van der Waals surface area contributed by atoms with Gasteiger partial charge < -0.3 is 10.5 Å². The first kappa shape index (κ1) is 20.9. The molecule has 2 nitrogen and oxygen atoms in total. The maximum Gasteiger partial charge on any atom is 0.122 e. The summed E-state index contributed by atoms with van der Waals surface area (Å²) in [6.45, 7) is 6.07. The van der Waals surface area contributed by atoms with E-state index < -0.39 is 5.60 Å². The average Bonchev–Trinajstić information content (AvgIpc) is 2.57. The van der Waals surface area contributed by atoms with Crippen molar-refractivity contribution in [1.82, 2.24) is 0 Å². The van der Waals surface area contributed by atoms with Crippen LogP contribution in [-0.2, 0) is 10.3 Å². The first-order valence-electron chi connectivity index (χ1n) is 7.77. The van der Waals surface area contributed by atoms with Gasteiger partial charge in [-0.15, -0.1) is 12.4 Å². The van der Waals surface area contributed by atoms with Gasteiger partial charge in [0, 0.05) is 19.1 Å². The fourth-order valence-corrected chi connectivity index (χ4v) is 3.59. The van der Waals surface area contributed by atoms with E-state index in [0.29, 0.717) is 6.42 Å². The van der Waals surface area contributed by atoms with Gasteiger partial charge in [-0.3, -0.25) is 0 Å². The molecule has 4 heteroatoms. The SMILES string of the molecule is C=C(Br)CC(N)C(C)C(OC)(c1ccccc1)c1ccccc1.Cl. The molecule has 2 atom stereocenters. The van der Waals surface area contributed by atoms with E-state index in [1.165, 1.54) is 0 Å². The lowest BCUT2D eigenvalue weighted by Crippen LogP contribution is -2.46. The summed E-state index contributed by atoms with van der Waals surface area (Å²) in [5.41, 5.74) is 8.11. The molecular formula is C20H25BrClNO. The van der Waals surface area contributed by atoms with Crippen LogP contribution in [0.1, 0.15) is 24.5 Å². The number of methoxy groups -OCH3 is 1. The fourth-order valence-electron chi connectivity index (χ4n) is 3.22. The zero-order valence-corrected chi connectivity index (χ0v) is 16.5. The van der Waals surface area contributed by atoms with Crippen molar-refractivity contribution in [3.05, 3.63) is 82.9 Å². The lowest BCUT2D eigenvalue weighted by Gasteiger charge is -2.41. The summed E-state index contributed by atoms with van der Waals surface area (Å²) in [4.78, 5) is 0. The predicted molar refractivity (Wildman–Crippen MR) is 108 cm³/mol. The Labute approximate surface area is 159 Å². The summed E-state index contributed by atoms with van der Waals surface area (Å²) >= 11 is 3.43. The molecule has 0 aliphatic heterocycles. The smallest absolute Gasteiger partial charge is 0.122 e. The normalized spacial score (nSPS) is 13.7. The molecule has 2 unspecified atom stereocenters. The molecule has 0 bridgehead atoms. The predicted octanol–water partition coefficient (Wildman–Crippen LogP) is 5.26. The molecule has 0 saturated heterocycles. The molecule has 2 N–H and O–H groups in total. The van der Waals surface area contributed by atoms with Crippen LogP contribution in [0.15, 0.2) is 71.7 Å². The number of halogens is 2. The highest BCUT2D eigenvalue weighted by molar-refractivity contribution is 9.11. The Morgan fingerprint density at radius 2 is 1.50 bits per heavy atom. The van der Waals surface area contributed by atoms with Crippen LogP contribution in [-0.4, -0.2) is 13.2 Å². The second-order valence-electron chi connectivity index (χ2n) is 5.85. The van der Waals surface area contributed by atoms with E-state index in [-0.39, 0.29) is 24.4 Å². The second kappa shape index (κ2) is 9.38. The van der Waals surface area contributed by atoms with Crippen LogP contribution in [0.4, 0.5) is 0 Å². The van der Waals surface area contributed by atoms with Gasteiger partial charge in [0.2, 0.25) is 0 Å². The monoisotopic (exact) mass is 409 g/mol. The Kier molecular flexibility index (Phi) is 8.17. The molecule has 0 aromatic heterocycles. The minimum Gasteiger partial charge on any atom is -0.368 e. The highest BCUT2D eigenvalue weighted by Gasteiger charge is 2.42. The lowest BCUT2D eigenvalue weighted by atomic mass is 9.73. The van der Waals surface area contributed by atoms with Crippen molar-refractivity contribution in [1.29, 1.82) is 0 Å². The van der Waals surface area contributed by atoms with Gasteiger partial charge in [0.05, 0.1) is 0 Å². The molecule has 2 rings (SSSR count). The molecule has 2 aromatic rings. The van der Waals surface area contributed by atoms with E-state index in [1.54, 1.807) is 7.11 Å². The van der Waals surface area contributed by atoms with Gasteiger partial charge in [0.1, 0.15) is 5.60 Å². The van der Waals surface area contributed by atoms with Crippen molar-refractivity contribution in [2.75, 3.05) is 7.11 Å². The molecule has 0 amide bonds. The second-order valence-corrected chi connectivity index (χ2v) is 6.97. The summed E-state index contributed by atoms with van der Waals surface area (Å²) < 4.78 is 7.06. The van der Waals surface area contributed by atoms with Gasteiger partial charge in [0.25, 0.3) is 0 Å². The van der Waals surface area contributed by atoms with Crippen LogP contribution < -0.4 is 5.73 Å². The highest BCUT2D eigenvalue weighted by Crippen LogP contribution is 2.42. The van der Waals surface area contributed by atoms with E-state index in [2.05, 4.69) is 53.7 Å². The van der Waals surface area contributed by atoms with Crippen molar-refractivity contribution in [3.63, 3.8) is 0 Å². The maximum absolute atomic E-state index is 6.48. The molecule has 0 aliphatic carbocycles. The summed E-state index contributed by atoms with van der Waals surface area (Å²) in [7, 11) is 1.76. The van der Waals surface area contributed by atoms with Gasteiger partial charge in [-0.25, -0.2) is 0 Å². The van der Waals surface area contributed by atoms with Crippen molar-refractivity contribution in [3.8, 4) is 0 Å². The largest absolute Gasteiger partial charge is 0.368 e. The van der Waals surface area contributed by atoms with E-state index >= 15 is 0 Å². The highest BCUT2D eigenvalue weighted by atomic mass is 79.9. The molecular weight excluding hydrogens is 386 g/mol. The van der Waals surface area contributed by atoms with Gasteiger partial charge >= 0.3 is 0 Å². The number of hydrogen-bond donors (Lipinski definition) is 1. The Bertz CT molecular complexity index is 593. The number of ether oxygens (including phenoxy) is 1. The molecule has 0 spiro atoms. The number of hydrogen-bond acceptors (Lipinski definition) is 2. The van der Waals surface area contributed by atoms with Gasteiger partial charge in [-0.1, -0.05) is 90.1 Å². The zero-order chi connectivity index (χ0) is 16.9. The Hall–Kier alpha value is -1.13. The Morgan fingerprint density at radius 3 is 1.83 bits per heavy atom. The Balaban J connectivity index is 0.00000288. The third-order valence-corrected chi connectivity index (χ3v) is 4.79. The quantitative estimate of drug-likeness (QED) is 0.675. The molecule has 0 saturated carbocycles. The van der Waals surface area contributed by atoms with Crippen LogP contribution in [0.2, 0.25) is 0 Å². The molecule has 0 aliphatic rings. The average molecular weight is 411 g/mol. The van der Waals surface area contributed by atoms with Crippen molar-refractivity contribution in [2.45, 2.75) is 25.0 Å². The first-order valence-corrected chi connectivity index (χ1v) is 8.56. The topological polar surface area (TPSA) is 35.2 Å². The summed E-state index contributed by atoms with van der Waals surface area (Å²) in [6.07, 6.45) is 0.700. The molecule has 24 heavy (non-hydrogen) atoms. The van der Waals surface area contributed by atoms with Crippen molar-refractivity contribution < 1.29 is 4.74 Å². The van der Waals surface area contributed by atoms with Crippen LogP contribution in [0.3, 0.4) is 0 Å². The van der Waals surface area contributed by atoms with Crippen LogP contribution in [0, 0.1) is 5.92 Å². The molecule has 130 valence electrons.